The van der Waals surface area contributed by atoms with Crippen LogP contribution < -0.4 is 14.2 Å². The van der Waals surface area contributed by atoms with E-state index in [0.717, 1.165) is 55.4 Å². The minimum Gasteiger partial charge on any atom is -0.497 e. The van der Waals surface area contributed by atoms with E-state index in [2.05, 4.69) is 38.0 Å². The van der Waals surface area contributed by atoms with Gasteiger partial charge in [-0.2, -0.15) is 0 Å². The molecule has 188 valence electrons. The Labute approximate surface area is 212 Å². The Morgan fingerprint density at radius 3 is 2.29 bits per heavy atom. The van der Waals surface area contributed by atoms with Crippen molar-refractivity contribution in [2.75, 3.05) is 54.1 Å². The van der Waals surface area contributed by atoms with E-state index in [1.54, 1.807) is 21.3 Å². The molecule has 0 aliphatic carbocycles. The SMILES string of the molecule is C=CCN1CCN(C(c2ccc(OC)c(OC)c2)c2nnnn2Cc2ccc(OC)cc2)CC1.Cl. The fraction of sp³-hybridized carbons (Fsp3) is 0.400. The van der Waals surface area contributed by atoms with Gasteiger partial charge in [0, 0.05) is 32.7 Å². The lowest BCUT2D eigenvalue weighted by molar-refractivity contribution is 0.112. The van der Waals surface area contributed by atoms with Gasteiger partial charge in [0.2, 0.25) is 0 Å². The van der Waals surface area contributed by atoms with Crippen molar-refractivity contribution in [1.29, 1.82) is 0 Å². The smallest absolute Gasteiger partial charge is 0.173 e. The molecule has 1 aromatic heterocycles. The minimum absolute atomic E-state index is 0. The summed E-state index contributed by atoms with van der Waals surface area (Å²) in [7, 11) is 4.96. The monoisotopic (exact) mass is 500 g/mol. The molecule has 2 aromatic carbocycles. The summed E-state index contributed by atoms with van der Waals surface area (Å²) in [6, 6.07) is 13.9. The van der Waals surface area contributed by atoms with Gasteiger partial charge in [-0.1, -0.05) is 24.3 Å². The summed E-state index contributed by atoms with van der Waals surface area (Å²) in [5.41, 5.74) is 2.15. The standard InChI is InChI=1S/C25H32N6O3.ClH/c1-5-12-29-13-15-30(16-14-29)24(20-8-11-22(33-3)23(17-20)34-4)25-26-27-28-31(25)18-19-6-9-21(32-2)10-7-19;/h5-11,17,24H,1,12-16,18H2,2-4H3;1H. The number of benzene rings is 2. The van der Waals surface area contributed by atoms with E-state index in [1.807, 2.05) is 47.2 Å². The van der Waals surface area contributed by atoms with E-state index in [1.165, 1.54) is 0 Å². The maximum atomic E-state index is 5.60. The van der Waals surface area contributed by atoms with Crippen LogP contribution in [0.2, 0.25) is 0 Å². The van der Waals surface area contributed by atoms with Gasteiger partial charge < -0.3 is 14.2 Å². The third-order valence-corrected chi connectivity index (χ3v) is 6.18. The van der Waals surface area contributed by atoms with Crippen LogP contribution in [0.25, 0.3) is 0 Å². The number of rotatable bonds is 10. The first-order valence-corrected chi connectivity index (χ1v) is 11.3. The molecule has 1 aliphatic rings. The predicted molar refractivity (Wildman–Crippen MR) is 137 cm³/mol. The highest BCUT2D eigenvalue weighted by Crippen LogP contribution is 2.35. The molecular formula is C25H33ClN6O3. The van der Waals surface area contributed by atoms with E-state index >= 15 is 0 Å². The molecule has 0 radical (unpaired) electrons. The largest absolute Gasteiger partial charge is 0.497 e. The molecule has 1 aliphatic heterocycles. The number of methoxy groups -OCH3 is 3. The molecule has 0 bridgehead atoms. The zero-order chi connectivity index (χ0) is 23.9. The van der Waals surface area contributed by atoms with Crippen LogP contribution >= 0.6 is 12.4 Å². The number of nitrogens with zero attached hydrogens (tertiary/aromatic N) is 6. The summed E-state index contributed by atoms with van der Waals surface area (Å²) in [4.78, 5) is 4.83. The van der Waals surface area contributed by atoms with Crippen molar-refractivity contribution in [2.45, 2.75) is 12.6 Å². The second-order valence-electron chi connectivity index (χ2n) is 8.19. The van der Waals surface area contributed by atoms with E-state index in [0.29, 0.717) is 18.0 Å². The molecule has 2 heterocycles. The van der Waals surface area contributed by atoms with E-state index < -0.39 is 0 Å². The predicted octanol–water partition coefficient (Wildman–Crippen LogP) is 3.06. The van der Waals surface area contributed by atoms with Gasteiger partial charge in [-0.15, -0.1) is 24.1 Å². The molecule has 35 heavy (non-hydrogen) atoms. The van der Waals surface area contributed by atoms with Crippen molar-refractivity contribution in [2.24, 2.45) is 0 Å². The summed E-state index contributed by atoms with van der Waals surface area (Å²) in [5.74, 6) is 2.99. The third-order valence-electron chi connectivity index (χ3n) is 6.18. The van der Waals surface area contributed by atoms with Crippen molar-refractivity contribution >= 4 is 12.4 Å². The van der Waals surface area contributed by atoms with Gasteiger partial charge in [0.05, 0.1) is 33.9 Å². The van der Waals surface area contributed by atoms with Crippen molar-refractivity contribution in [1.82, 2.24) is 30.0 Å². The van der Waals surface area contributed by atoms with Crippen LogP contribution in [-0.2, 0) is 6.54 Å². The Balaban J connectivity index is 0.00000342. The zero-order valence-corrected chi connectivity index (χ0v) is 21.3. The van der Waals surface area contributed by atoms with Crippen LogP contribution in [0.5, 0.6) is 17.2 Å². The molecule has 1 atom stereocenters. The van der Waals surface area contributed by atoms with Crippen LogP contribution in [0.15, 0.2) is 55.1 Å². The number of ether oxygens (including phenoxy) is 3. The highest BCUT2D eigenvalue weighted by molar-refractivity contribution is 5.85. The Bertz CT molecular complexity index is 1080. The number of halogens is 1. The van der Waals surface area contributed by atoms with Gasteiger partial charge >= 0.3 is 0 Å². The quantitative estimate of drug-likeness (QED) is 0.393. The van der Waals surface area contributed by atoms with Gasteiger partial charge in [0.15, 0.2) is 17.3 Å². The lowest BCUT2D eigenvalue weighted by Gasteiger charge is -2.38. The van der Waals surface area contributed by atoms with Gasteiger partial charge in [0.1, 0.15) is 5.75 Å². The average Bonchev–Trinajstić information content (AvgIpc) is 3.33. The van der Waals surface area contributed by atoms with E-state index in [-0.39, 0.29) is 18.4 Å². The lowest BCUT2D eigenvalue weighted by Crippen LogP contribution is -2.48. The number of tetrazole rings is 1. The summed E-state index contributed by atoms with van der Waals surface area (Å²) < 4.78 is 18.2. The number of hydrogen-bond donors (Lipinski definition) is 0. The Morgan fingerprint density at radius 1 is 0.943 bits per heavy atom. The normalized spacial score (nSPS) is 15.2. The van der Waals surface area contributed by atoms with Gasteiger partial charge in [-0.3, -0.25) is 9.80 Å². The van der Waals surface area contributed by atoms with Gasteiger partial charge in [-0.25, -0.2) is 4.68 Å². The second kappa shape index (κ2) is 12.5. The van der Waals surface area contributed by atoms with Gasteiger partial charge in [-0.05, 0) is 45.8 Å². The van der Waals surface area contributed by atoms with Crippen LogP contribution in [-0.4, -0.2) is 84.1 Å². The molecule has 0 saturated carbocycles. The van der Waals surface area contributed by atoms with Crippen LogP contribution in [0.4, 0.5) is 0 Å². The molecular weight excluding hydrogens is 468 g/mol. The Hall–Kier alpha value is -3.14. The molecule has 10 heteroatoms. The fourth-order valence-electron chi connectivity index (χ4n) is 4.36. The first-order valence-electron chi connectivity index (χ1n) is 11.3. The second-order valence-corrected chi connectivity index (χ2v) is 8.19. The Kier molecular flexibility index (Phi) is 9.47. The van der Waals surface area contributed by atoms with E-state index in [9.17, 15) is 0 Å². The minimum atomic E-state index is -0.126. The van der Waals surface area contributed by atoms with Crippen molar-refractivity contribution in [3.05, 3.63) is 72.1 Å². The molecule has 9 nitrogen and oxygen atoms in total. The molecule has 3 aromatic rings. The number of hydrogen-bond acceptors (Lipinski definition) is 8. The van der Waals surface area contributed by atoms with Crippen molar-refractivity contribution < 1.29 is 14.2 Å². The van der Waals surface area contributed by atoms with Crippen LogP contribution in [0.3, 0.4) is 0 Å². The van der Waals surface area contributed by atoms with Crippen LogP contribution in [0.1, 0.15) is 23.0 Å². The highest BCUT2D eigenvalue weighted by Gasteiger charge is 2.31. The summed E-state index contributed by atoms with van der Waals surface area (Å²) in [6.07, 6.45) is 1.96. The number of aromatic nitrogens is 4. The first-order chi connectivity index (χ1) is 16.7. The number of piperazine rings is 1. The van der Waals surface area contributed by atoms with Crippen LogP contribution in [0, 0.1) is 0 Å². The van der Waals surface area contributed by atoms with Crippen molar-refractivity contribution in [3.63, 3.8) is 0 Å². The molecule has 0 spiro atoms. The molecule has 1 unspecified atom stereocenters. The average molecular weight is 501 g/mol. The molecule has 0 N–H and O–H groups in total. The lowest BCUT2D eigenvalue weighted by atomic mass is 10.0. The molecule has 1 fully saturated rings. The van der Waals surface area contributed by atoms with Gasteiger partial charge in [0.25, 0.3) is 0 Å². The maximum Gasteiger partial charge on any atom is 0.173 e. The van der Waals surface area contributed by atoms with E-state index in [4.69, 9.17) is 14.2 Å². The Morgan fingerprint density at radius 2 is 1.66 bits per heavy atom. The topological polar surface area (TPSA) is 77.8 Å². The third kappa shape index (κ3) is 6.11. The molecule has 0 amide bonds. The highest BCUT2D eigenvalue weighted by atomic mass is 35.5. The fourth-order valence-corrected chi connectivity index (χ4v) is 4.36. The summed E-state index contributed by atoms with van der Waals surface area (Å²) >= 11 is 0. The molecule has 1 saturated heterocycles. The summed E-state index contributed by atoms with van der Waals surface area (Å²) in [5, 5.41) is 12.9. The first kappa shape index (κ1) is 26.5. The zero-order valence-electron chi connectivity index (χ0n) is 20.5. The van der Waals surface area contributed by atoms with Crippen molar-refractivity contribution in [3.8, 4) is 17.2 Å². The maximum absolute atomic E-state index is 5.60. The summed E-state index contributed by atoms with van der Waals surface area (Å²) in [6.45, 7) is 9.02. The molecule has 4 rings (SSSR count).